The van der Waals surface area contributed by atoms with Crippen molar-refractivity contribution in [2.24, 2.45) is 0 Å². The third-order valence-electron chi connectivity index (χ3n) is 5.07. The van der Waals surface area contributed by atoms with Gasteiger partial charge in [0.05, 0.1) is 0 Å². The van der Waals surface area contributed by atoms with Crippen LogP contribution < -0.4 is 5.32 Å². The van der Waals surface area contributed by atoms with E-state index >= 15 is 0 Å². The largest absolute Gasteiger partial charge is 0.353 e. The average Bonchev–Trinajstić information content (AvgIpc) is 3.13. The van der Waals surface area contributed by atoms with Gasteiger partial charge in [-0.2, -0.15) is 0 Å². The molecule has 2 aromatic rings. The van der Waals surface area contributed by atoms with Crippen LogP contribution in [0.1, 0.15) is 43.6 Å². The predicted octanol–water partition coefficient (Wildman–Crippen LogP) is 1.42. The molecule has 3 rings (SSSR count). The van der Waals surface area contributed by atoms with Crippen molar-refractivity contribution in [2.45, 2.75) is 51.6 Å². The first-order chi connectivity index (χ1) is 13.5. The van der Waals surface area contributed by atoms with Gasteiger partial charge in [0, 0.05) is 32.0 Å². The van der Waals surface area contributed by atoms with Crippen molar-refractivity contribution in [1.29, 1.82) is 0 Å². The van der Waals surface area contributed by atoms with Gasteiger partial charge in [0.1, 0.15) is 17.7 Å². The van der Waals surface area contributed by atoms with Crippen molar-refractivity contribution in [3.63, 3.8) is 0 Å². The molecular weight excluding hydrogens is 363 g/mol. The minimum atomic E-state index is -0.595. The number of halogens is 1. The van der Waals surface area contributed by atoms with E-state index in [1.165, 1.54) is 16.8 Å². The van der Waals surface area contributed by atoms with Crippen molar-refractivity contribution in [3.05, 3.63) is 41.5 Å². The number of aromatic nitrogens is 4. The zero-order chi connectivity index (χ0) is 20.1. The number of piperidine rings is 1. The Morgan fingerprint density at radius 3 is 2.50 bits per heavy atom. The summed E-state index contributed by atoms with van der Waals surface area (Å²) in [5.74, 6) is 0.190. The number of nitrogens with zero attached hydrogens (tertiary/aromatic N) is 5. The number of rotatable bonds is 6. The molecule has 1 aliphatic rings. The zero-order valence-electron chi connectivity index (χ0n) is 16.1. The number of tetrazole rings is 1. The van der Waals surface area contributed by atoms with Crippen LogP contribution in [-0.2, 0) is 16.0 Å². The molecule has 150 valence electrons. The van der Waals surface area contributed by atoms with Crippen molar-refractivity contribution >= 4 is 11.8 Å². The molecule has 1 N–H and O–H groups in total. The number of benzene rings is 1. The summed E-state index contributed by atoms with van der Waals surface area (Å²) >= 11 is 0. The summed E-state index contributed by atoms with van der Waals surface area (Å²) < 4.78 is 14.7. The number of aryl methyl sites for hydroxylation is 1. The Labute approximate surface area is 163 Å². The molecule has 1 aliphatic heterocycles. The van der Waals surface area contributed by atoms with Crippen molar-refractivity contribution in [3.8, 4) is 0 Å². The summed E-state index contributed by atoms with van der Waals surface area (Å²) in [5.41, 5.74) is 0.833. The fourth-order valence-electron chi connectivity index (χ4n) is 3.43. The van der Waals surface area contributed by atoms with Gasteiger partial charge in [-0.05, 0) is 47.9 Å². The van der Waals surface area contributed by atoms with Crippen LogP contribution in [0.2, 0.25) is 0 Å². The SMILES string of the molecule is CCC(=O)NC1CCN(C(=O)[C@H](Cc2ccc(F)cc2)n2nnnc2C)CC1. The highest BCUT2D eigenvalue weighted by Gasteiger charge is 2.31. The number of hydrogen-bond donors (Lipinski definition) is 1. The second-order valence-electron chi connectivity index (χ2n) is 7.04. The number of likely N-dealkylation sites (tertiary alicyclic amines) is 1. The Bertz CT molecular complexity index is 814. The molecule has 0 aliphatic carbocycles. The van der Waals surface area contributed by atoms with Crippen LogP contribution in [-0.4, -0.2) is 56.1 Å². The maximum Gasteiger partial charge on any atom is 0.247 e. The molecule has 1 atom stereocenters. The fraction of sp³-hybridized carbons (Fsp3) is 0.526. The number of carbonyl (C=O) groups is 2. The Kier molecular flexibility index (Phi) is 6.33. The summed E-state index contributed by atoms with van der Waals surface area (Å²) in [4.78, 5) is 26.6. The van der Waals surface area contributed by atoms with Gasteiger partial charge in [-0.1, -0.05) is 19.1 Å². The van der Waals surface area contributed by atoms with E-state index in [9.17, 15) is 14.0 Å². The van der Waals surface area contributed by atoms with Crippen LogP contribution in [0.3, 0.4) is 0 Å². The molecule has 0 radical (unpaired) electrons. The van der Waals surface area contributed by atoms with Crippen LogP contribution in [0.25, 0.3) is 0 Å². The fourth-order valence-corrected chi connectivity index (χ4v) is 3.43. The first-order valence-corrected chi connectivity index (χ1v) is 9.55. The Morgan fingerprint density at radius 1 is 1.25 bits per heavy atom. The third kappa shape index (κ3) is 4.71. The average molecular weight is 388 g/mol. The number of hydrogen-bond acceptors (Lipinski definition) is 5. The Hall–Kier alpha value is -2.84. The maximum atomic E-state index is 13.3. The summed E-state index contributed by atoms with van der Waals surface area (Å²) in [6, 6.07) is 5.60. The van der Waals surface area contributed by atoms with Gasteiger partial charge in [0.2, 0.25) is 11.8 Å². The quantitative estimate of drug-likeness (QED) is 0.808. The highest BCUT2D eigenvalue weighted by atomic mass is 19.1. The van der Waals surface area contributed by atoms with Crippen LogP contribution in [0, 0.1) is 12.7 Å². The molecule has 0 unspecified atom stereocenters. The van der Waals surface area contributed by atoms with Crippen LogP contribution in [0.5, 0.6) is 0 Å². The summed E-state index contributed by atoms with van der Waals surface area (Å²) in [6.45, 7) is 4.70. The second-order valence-corrected chi connectivity index (χ2v) is 7.04. The second kappa shape index (κ2) is 8.90. The molecule has 1 aromatic carbocycles. The van der Waals surface area contributed by atoms with Crippen molar-refractivity contribution in [2.75, 3.05) is 13.1 Å². The molecule has 0 saturated carbocycles. The zero-order valence-corrected chi connectivity index (χ0v) is 16.1. The van der Waals surface area contributed by atoms with Gasteiger partial charge in [-0.25, -0.2) is 9.07 Å². The molecule has 0 spiro atoms. The Morgan fingerprint density at radius 2 is 1.93 bits per heavy atom. The number of carbonyl (C=O) groups excluding carboxylic acids is 2. The first kappa shape index (κ1) is 19.9. The lowest BCUT2D eigenvalue weighted by Crippen LogP contribution is -2.48. The van der Waals surface area contributed by atoms with E-state index in [4.69, 9.17) is 0 Å². The van der Waals surface area contributed by atoms with Gasteiger partial charge >= 0.3 is 0 Å². The lowest BCUT2D eigenvalue weighted by Gasteiger charge is -2.34. The first-order valence-electron chi connectivity index (χ1n) is 9.55. The minimum Gasteiger partial charge on any atom is -0.353 e. The monoisotopic (exact) mass is 388 g/mol. The van der Waals surface area contributed by atoms with E-state index in [0.717, 1.165) is 18.4 Å². The molecule has 9 heteroatoms. The van der Waals surface area contributed by atoms with Crippen LogP contribution >= 0.6 is 0 Å². The molecule has 28 heavy (non-hydrogen) atoms. The molecular formula is C19H25FN6O2. The highest BCUT2D eigenvalue weighted by molar-refractivity contribution is 5.81. The Balaban J connectivity index is 1.71. The lowest BCUT2D eigenvalue weighted by molar-refractivity contribution is -0.136. The third-order valence-corrected chi connectivity index (χ3v) is 5.07. The van der Waals surface area contributed by atoms with E-state index < -0.39 is 6.04 Å². The molecule has 1 saturated heterocycles. The summed E-state index contributed by atoms with van der Waals surface area (Å²) in [7, 11) is 0. The molecule has 2 heterocycles. The van der Waals surface area contributed by atoms with Gasteiger partial charge in [0.25, 0.3) is 0 Å². The number of nitrogens with one attached hydrogen (secondary N) is 1. The van der Waals surface area contributed by atoms with Gasteiger partial charge in [-0.15, -0.1) is 5.10 Å². The van der Waals surface area contributed by atoms with Crippen molar-refractivity contribution in [1.82, 2.24) is 30.4 Å². The highest BCUT2D eigenvalue weighted by Crippen LogP contribution is 2.21. The molecule has 1 fully saturated rings. The van der Waals surface area contributed by atoms with E-state index in [1.807, 2.05) is 6.92 Å². The van der Waals surface area contributed by atoms with Gasteiger partial charge < -0.3 is 10.2 Å². The van der Waals surface area contributed by atoms with E-state index in [0.29, 0.717) is 31.8 Å². The standard InChI is InChI=1S/C19H25FN6O2/c1-3-18(27)21-16-8-10-25(11-9-16)19(28)17(26-13(2)22-23-24-26)12-14-4-6-15(20)7-5-14/h4-7,16-17H,3,8-12H2,1-2H3,(H,21,27)/t17-/m0/s1. The minimum absolute atomic E-state index is 0.0308. The van der Waals surface area contributed by atoms with Gasteiger partial charge in [0.15, 0.2) is 0 Å². The summed E-state index contributed by atoms with van der Waals surface area (Å²) in [5, 5.41) is 14.5. The van der Waals surface area contributed by atoms with Crippen molar-refractivity contribution < 1.29 is 14.0 Å². The van der Waals surface area contributed by atoms with E-state index in [1.54, 1.807) is 24.0 Å². The predicted molar refractivity (Wildman–Crippen MR) is 99.7 cm³/mol. The van der Waals surface area contributed by atoms with Crippen LogP contribution in [0.4, 0.5) is 4.39 Å². The maximum absolute atomic E-state index is 13.3. The van der Waals surface area contributed by atoms with Gasteiger partial charge in [-0.3, -0.25) is 9.59 Å². The summed E-state index contributed by atoms with van der Waals surface area (Å²) in [6.07, 6.45) is 2.26. The van der Waals surface area contributed by atoms with E-state index in [2.05, 4.69) is 20.8 Å². The topological polar surface area (TPSA) is 93.0 Å². The normalized spacial score (nSPS) is 16.0. The van der Waals surface area contributed by atoms with E-state index in [-0.39, 0.29) is 23.7 Å². The lowest BCUT2D eigenvalue weighted by atomic mass is 10.0. The van der Waals surface area contributed by atoms with Crippen LogP contribution in [0.15, 0.2) is 24.3 Å². The molecule has 0 bridgehead atoms. The molecule has 1 aromatic heterocycles. The number of amides is 2. The molecule has 8 nitrogen and oxygen atoms in total. The molecule has 2 amide bonds. The smallest absolute Gasteiger partial charge is 0.247 e.